The zero-order chi connectivity index (χ0) is 20.5. The minimum absolute atomic E-state index is 0.156. The highest BCUT2D eigenvalue weighted by molar-refractivity contribution is 8.00. The average molecular weight is 415 g/mol. The third-order valence-electron chi connectivity index (χ3n) is 4.82. The molecule has 30 heavy (non-hydrogen) atoms. The Hall–Kier alpha value is -3.58. The van der Waals surface area contributed by atoms with Crippen molar-refractivity contribution in [3.05, 3.63) is 67.0 Å². The van der Waals surface area contributed by atoms with Crippen LogP contribution in [-0.4, -0.2) is 28.7 Å². The number of fused-ring (bicyclic) bond motifs is 4. The number of nitrogens with zero attached hydrogens (tertiary/aromatic N) is 2. The van der Waals surface area contributed by atoms with Gasteiger partial charge in [0.25, 0.3) is 0 Å². The van der Waals surface area contributed by atoms with E-state index < -0.39 is 0 Å². The third kappa shape index (κ3) is 3.33. The van der Waals surface area contributed by atoms with E-state index in [1.165, 1.54) is 18.1 Å². The molecule has 2 aromatic heterocycles. The Morgan fingerprint density at radius 3 is 2.67 bits per heavy atom. The molecule has 0 bridgehead atoms. The van der Waals surface area contributed by atoms with Crippen molar-refractivity contribution in [3.8, 4) is 5.75 Å². The van der Waals surface area contributed by atoms with E-state index in [9.17, 15) is 4.79 Å². The predicted molar refractivity (Wildman–Crippen MR) is 119 cm³/mol. The van der Waals surface area contributed by atoms with Crippen LogP contribution in [0.5, 0.6) is 5.75 Å². The number of hydrogen-bond donors (Lipinski definition) is 1. The van der Waals surface area contributed by atoms with E-state index in [2.05, 4.69) is 15.3 Å². The molecule has 0 aliphatic rings. The molecule has 5 aromatic rings. The summed E-state index contributed by atoms with van der Waals surface area (Å²) < 4.78 is 11.4. The van der Waals surface area contributed by atoms with Gasteiger partial charge in [0.2, 0.25) is 5.91 Å². The SMILES string of the molecule is COc1cc2c(cc1NC(=O)CSc1ncnc3ccccc13)oc1ccccc12. The van der Waals surface area contributed by atoms with Gasteiger partial charge in [0.1, 0.15) is 28.3 Å². The molecule has 1 amide bonds. The van der Waals surface area contributed by atoms with Gasteiger partial charge in [-0.15, -0.1) is 0 Å². The number of hydrogen-bond acceptors (Lipinski definition) is 6. The summed E-state index contributed by atoms with van der Waals surface area (Å²) in [6.07, 6.45) is 1.51. The maximum absolute atomic E-state index is 12.6. The maximum atomic E-state index is 12.6. The second-order valence-corrected chi connectivity index (χ2v) is 7.64. The fourth-order valence-corrected chi connectivity index (χ4v) is 4.22. The van der Waals surface area contributed by atoms with E-state index in [1.54, 1.807) is 13.2 Å². The topological polar surface area (TPSA) is 77.2 Å². The van der Waals surface area contributed by atoms with Crippen LogP contribution in [0.2, 0.25) is 0 Å². The van der Waals surface area contributed by atoms with Crippen LogP contribution in [0.15, 0.2) is 76.4 Å². The molecule has 6 nitrogen and oxygen atoms in total. The number of anilines is 1. The second-order valence-electron chi connectivity index (χ2n) is 6.68. The van der Waals surface area contributed by atoms with Gasteiger partial charge in [0, 0.05) is 22.2 Å². The predicted octanol–water partition coefficient (Wildman–Crippen LogP) is 5.27. The molecule has 0 radical (unpaired) electrons. The van der Waals surface area contributed by atoms with Gasteiger partial charge in [-0.2, -0.15) is 0 Å². The lowest BCUT2D eigenvalue weighted by Gasteiger charge is -2.10. The molecule has 0 saturated heterocycles. The minimum atomic E-state index is -0.156. The normalized spacial score (nSPS) is 11.2. The van der Waals surface area contributed by atoms with Gasteiger partial charge >= 0.3 is 0 Å². The van der Waals surface area contributed by atoms with Gasteiger partial charge in [-0.05, 0) is 18.2 Å². The number of rotatable bonds is 5. The fraction of sp³-hybridized carbons (Fsp3) is 0.0870. The molecule has 148 valence electrons. The molecule has 0 fully saturated rings. The van der Waals surface area contributed by atoms with Crippen molar-refractivity contribution >= 4 is 56.2 Å². The number of methoxy groups -OCH3 is 1. The lowest BCUT2D eigenvalue weighted by molar-refractivity contribution is -0.113. The molecular formula is C23H17N3O3S. The number of aromatic nitrogens is 2. The first-order valence-electron chi connectivity index (χ1n) is 9.34. The molecule has 0 aliphatic carbocycles. The number of carbonyl (C=O) groups is 1. The van der Waals surface area contributed by atoms with Crippen molar-refractivity contribution in [2.24, 2.45) is 0 Å². The molecule has 0 unspecified atom stereocenters. The van der Waals surface area contributed by atoms with Gasteiger partial charge in [-0.1, -0.05) is 48.2 Å². The van der Waals surface area contributed by atoms with Crippen molar-refractivity contribution in [2.75, 3.05) is 18.2 Å². The first kappa shape index (κ1) is 18.4. The van der Waals surface area contributed by atoms with Crippen LogP contribution in [0.4, 0.5) is 5.69 Å². The third-order valence-corrected chi connectivity index (χ3v) is 5.82. The Kier molecular flexibility index (Phi) is 4.72. The summed E-state index contributed by atoms with van der Waals surface area (Å²) in [5, 5.41) is 6.59. The number of thioether (sulfide) groups is 1. The number of para-hydroxylation sites is 2. The molecule has 0 saturated carbocycles. The average Bonchev–Trinajstić information content (AvgIpc) is 3.14. The Balaban J connectivity index is 1.39. The summed E-state index contributed by atoms with van der Waals surface area (Å²) in [4.78, 5) is 21.2. The van der Waals surface area contributed by atoms with E-state index in [0.717, 1.165) is 32.3 Å². The van der Waals surface area contributed by atoms with Crippen molar-refractivity contribution in [1.29, 1.82) is 0 Å². The van der Waals surface area contributed by atoms with Crippen molar-refractivity contribution in [1.82, 2.24) is 9.97 Å². The van der Waals surface area contributed by atoms with Crippen LogP contribution >= 0.6 is 11.8 Å². The smallest absolute Gasteiger partial charge is 0.234 e. The zero-order valence-corrected chi connectivity index (χ0v) is 16.9. The Morgan fingerprint density at radius 1 is 1.00 bits per heavy atom. The number of amides is 1. The van der Waals surface area contributed by atoms with Crippen LogP contribution in [-0.2, 0) is 4.79 Å². The van der Waals surface area contributed by atoms with Crippen LogP contribution in [0.1, 0.15) is 0 Å². The van der Waals surface area contributed by atoms with Crippen molar-refractivity contribution in [2.45, 2.75) is 5.03 Å². The highest BCUT2D eigenvalue weighted by Crippen LogP contribution is 2.36. The summed E-state index contributed by atoms with van der Waals surface area (Å²) in [6.45, 7) is 0. The summed E-state index contributed by atoms with van der Waals surface area (Å²) in [6, 6.07) is 19.2. The van der Waals surface area contributed by atoms with Crippen LogP contribution < -0.4 is 10.1 Å². The number of ether oxygens (including phenoxy) is 1. The monoisotopic (exact) mass is 415 g/mol. The van der Waals surface area contributed by atoms with Gasteiger partial charge < -0.3 is 14.5 Å². The maximum Gasteiger partial charge on any atom is 0.234 e. The number of carbonyl (C=O) groups excluding carboxylic acids is 1. The quantitative estimate of drug-likeness (QED) is 0.311. The molecule has 7 heteroatoms. The van der Waals surface area contributed by atoms with Crippen molar-refractivity contribution in [3.63, 3.8) is 0 Å². The molecule has 0 spiro atoms. The lowest BCUT2D eigenvalue weighted by atomic mass is 10.1. The molecule has 1 N–H and O–H groups in total. The van der Waals surface area contributed by atoms with E-state index >= 15 is 0 Å². The Morgan fingerprint density at radius 2 is 1.80 bits per heavy atom. The van der Waals surface area contributed by atoms with Gasteiger partial charge in [0.15, 0.2) is 0 Å². The molecule has 2 heterocycles. The lowest BCUT2D eigenvalue weighted by Crippen LogP contribution is -2.14. The Labute approximate surface area is 176 Å². The van der Waals surface area contributed by atoms with Crippen LogP contribution in [0, 0.1) is 0 Å². The van der Waals surface area contributed by atoms with Crippen LogP contribution in [0.3, 0.4) is 0 Å². The minimum Gasteiger partial charge on any atom is -0.495 e. The first-order valence-corrected chi connectivity index (χ1v) is 10.3. The molecule has 0 atom stereocenters. The molecule has 3 aromatic carbocycles. The number of nitrogens with one attached hydrogen (secondary N) is 1. The largest absolute Gasteiger partial charge is 0.495 e. The standard InChI is InChI=1S/C23H17N3O3S/c1-28-21-10-16-14-6-3-5-9-19(14)29-20(16)11-18(21)26-22(27)12-30-23-15-7-2-4-8-17(15)24-13-25-23/h2-11,13H,12H2,1H3,(H,26,27). The fourth-order valence-electron chi connectivity index (χ4n) is 3.43. The summed E-state index contributed by atoms with van der Waals surface area (Å²) in [5.41, 5.74) is 2.92. The van der Waals surface area contributed by atoms with E-state index in [1.807, 2.05) is 54.6 Å². The van der Waals surface area contributed by atoms with E-state index in [4.69, 9.17) is 9.15 Å². The van der Waals surface area contributed by atoms with Gasteiger partial charge in [-0.3, -0.25) is 4.79 Å². The van der Waals surface area contributed by atoms with Gasteiger partial charge in [0.05, 0.1) is 24.1 Å². The number of benzene rings is 3. The molecular weight excluding hydrogens is 398 g/mol. The summed E-state index contributed by atoms with van der Waals surface area (Å²) in [7, 11) is 1.58. The number of furan rings is 1. The summed E-state index contributed by atoms with van der Waals surface area (Å²) >= 11 is 1.37. The highest BCUT2D eigenvalue weighted by atomic mass is 32.2. The highest BCUT2D eigenvalue weighted by Gasteiger charge is 2.15. The van der Waals surface area contributed by atoms with E-state index in [0.29, 0.717) is 17.0 Å². The molecule has 5 rings (SSSR count). The van der Waals surface area contributed by atoms with Crippen LogP contribution in [0.25, 0.3) is 32.8 Å². The summed E-state index contributed by atoms with van der Waals surface area (Å²) in [5.74, 6) is 0.638. The first-order chi connectivity index (χ1) is 14.7. The van der Waals surface area contributed by atoms with Crippen molar-refractivity contribution < 1.29 is 13.9 Å². The molecule has 0 aliphatic heterocycles. The Bertz CT molecular complexity index is 1390. The van der Waals surface area contributed by atoms with Gasteiger partial charge in [-0.25, -0.2) is 9.97 Å². The second kappa shape index (κ2) is 7.68. The van der Waals surface area contributed by atoms with E-state index in [-0.39, 0.29) is 11.7 Å². The zero-order valence-electron chi connectivity index (χ0n) is 16.1.